The van der Waals surface area contributed by atoms with Crippen molar-refractivity contribution < 1.29 is 23.9 Å². The van der Waals surface area contributed by atoms with Crippen molar-refractivity contribution in [3.63, 3.8) is 0 Å². The number of aliphatic carboxylic acids is 1. The van der Waals surface area contributed by atoms with Crippen LogP contribution in [0.5, 0.6) is 0 Å². The number of hydrogen-bond donors (Lipinski definition) is 2. The van der Waals surface area contributed by atoms with Crippen molar-refractivity contribution in [1.82, 2.24) is 5.32 Å². The SMILES string of the molecule is CC(C)(C)C(=O)N[C@@H](C(=O)O)c1ccc(-c2ccc(C=O)o2)cc1. The van der Waals surface area contributed by atoms with Crippen LogP contribution in [0.25, 0.3) is 11.3 Å². The van der Waals surface area contributed by atoms with Gasteiger partial charge in [0.05, 0.1) is 0 Å². The summed E-state index contributed by atoms with van der Waals surface area (Å²) in [5, 5.41) is 11.9. The number of amides is 1. The molecule has 0 saturated heterocycles. The van der Waals surface area contributed by atoms with Crippen LogP contribution in [0.15, 0.2) is 40.8 Å². The first-order chi connectivity index (χ1) is 11.2. The fourth-order valence-electron chi connectivity index (χ4n) is 2.05. The molecule has 6 heteroatoms. The molecule has 0 unspecified atom stereocenters. The lowest BCUT2D eigenvalue weighted by Crippen LogP contribution is -2.40. The molecule has 126 valence electrons. The molecule has 1 heterocycles. The molecule has 0 aliphatic rings. The van der Waals surface area contributed by atoms with Gasteiger partial charge in [0.1, 0.15) is 5.76 Å². The van der Waals surface area contributed by atoms with Crippen molar-refractivity contribution in [3.05, 3.63) is 47.7 Å². The summed E-state index contributed by atoms with van der Waals surface area (Å²) in [5.74, 6) is -0.758. The third kappa shape index (κ3) is 3.90. The summed E-state index contributed by atoms with van der Waals surface area (Å²) in [6.45, 7) is 5.14. The average Bonchev–Trinajstić information content (AvgIpc) is 3.00. The molecular formula is C18H19NO5. The predicted octanol–water partition coefficient (Wildman–Crippen LogP) is 3.05. The molecule has 0 radical (unpaired) electrons. The van der Waals surface area contributed by atoms with Gasteiger partial charge in [-0.05, 0) is 17.7 Å². The molecule has 0 bridgehead atoms. The molecule has 0 saturated carbocycles. The Morgan fingerprint density at radius 3 is 2.21 bits per heavy atom. The summed E-state index contributed by atoms with van der Waals surface area (Å²) < 4.78 is 5.32. The number of carboxylic acid groups (broad SMARTS) is 1. The standard InChI is InChI=1S/C18H19NO5/c1-18(2,3)17(23)19-15(16(21)22)12-6-4-11(5-7-12)14-9-8-13(10-20)24-14/h4-10,15H,1-3H3,(H,19,23)(H,21,22)/t15-/m1/s1. The molecule has 1 aromatic heterocycles. The summed E-state index contributed by atoms with van der Waals surface area (Å²) in [6, 6.07) is 8.67. The minimum absolute atomic E-state index is 0.218. The van der Waals surface area contributed by atoms with Gasteiger partial charge in [0.15, 0.2) is 18.1 Å². The van der Waals surface area contributed by atoms with Crippen LogP contribution in [0, 0.1) is 5.41 Å². The number of furan rings is 1. The predicted molar refractivity (Wildman–Crippen MR) is 87.5 cm³/mol. The summed E-state index contributed by atoms with van der Waals surface area (Å²) in [6.07, 6.45) is 0.611. The van der Waals surface area contributed by atoms with Crippen LogP contribution in [0.2, 0.25) is 0 Å². The highest BCUT2D eigenvalue weighted by atomic mass is 16.4. The lowest BCUT2D eigenvalue weighted by atomic mass is 9.94. The van der Waals surface area contributed by atoms with Crippen LogP contribution in [0.3, 0.4) is 0 Å². The third-order valence-corrected chi connectivity index (χ3v) is 3.48. The van der Waals surface area contributed by atoms with E-state index in [1.165, 1.54) is 0 Å². The highest BCUT2D eigenvalue weighted by molar-refractivity contribution is 5.87. The van der Waals surface area contributed by atoms with E-state index in [2.05, 4.69) is 5.32 Å². The number of aldehydes is 1. The highest BCUT2D eigenvalue weighted by Gasteiger charge is 2.28. The number of nitrogens with one attached hydrogen (secondary N) is 1. The van der Waals surface area contributed by atoms with Crippen molar-refractivity contribution in [2.24, 2.45) is 5.41 Å². The topological polar surface area (TPSA) is 96.6 Å². The zero-order chi connectivity index (χ0) is 17.9. The smallest absolute Gasteiger partial charge is 0.330 e. The maximum absolute atomic E-state index is 12.1. The normalized spacial score (nSPS) is 12.5. The van der Waals surface area contributed by atoms with Crippen molar-refractivity contribution in [1.29, 1.82) is 0 Å². The van der Waals surface area contributed by atoms with Gasteiger partial charge < -0.3 is 14.8 Å². The molecule has 2 aromatic rings. The van der Waals surface area contributed by atoms with Crippen LogP contribution >= 0.6 is 0 Å². The second kappa shape index (κ2) is 6.70. The van der Waals surface area contributed by atoms with E-state index in [9.17, 15) is 19.5 Å². The van der Waals surface area contributed by atoms with E-state index < -0.39 is 17.4 Å². The largest absolute Gasteiger partial charge is 0.479 e. The maximum atomic E-state index is 12.1. The quantitative estimate of drug-likeness (QED) is 0.822. The van der Waals surface area contributed by atoms with Gasteiger partial charge >= 0.3 is 5.97 Å². The van der Waals surface area contributed by atoms with Crippen molar-refractivity contribution in [3.8, 4) is 11.3 Å². The average molecular weight is 329 g/mol. The maximum Gasteiger partial charge on any atom is 0.330 e. The third-order valence-electron chi connectivity index (χ3n) is 3.48. The number of carbonyl (C=O) groups excluding carboxylic acids is 2. The Hall–Kier alpha value is -2.89. The lowest BCUT2D eigenvalue weighted by molar-refractivity contribution is -0.143. The number of benzene rings is 1. The van der Waals surface area contributed by atoms with Gasteiger partial charge in [-0.3, -0.25) is 9.59 Å². The molecule has 1 aromatic carbocycles. The van der Waals surface area contributed by atoms with E-state index in [-0.39, 0.29) is 11.7 Å². The van der Waals surface area contributed by atoms with Crippen LogP contribution in [-0.2, 0) is 9.59 Å². The molecule has 0 aliphatic carbocycles. The Morgan fingerprint density at radius 2 is 1.75 bits per heavy atom. The fraction of sp³-hybridized carbons (Fsp3) is 0.278. The van der Waals surface area contributed by atoms with Gasteiger partial charge in [-0.1, -0.05) is 45.0 Å². The zero-order valence-electron chi connectivity index (χ0n) is 13.7. The molecule has 1 amide bonds. The second-order valence-electron chi connectivity index (χ2n) is 6.44. The summed E-state index contributed by atoms with van der Waals surface area (Å²) in [7, 11) is 0. The lowest BCUT2D eigenvalue weighted by Gasteiger charge is -2.22. The minimum atomic E-state index is -1.14. The van der Waals surface area contributed by atoms with Crippen molar-refractivity contribution in [2.75, 3.05) is 0 Å². The van der Waals surface area contributed by atoms with Gasteiger partial charge in [0.25, 0.3) is 0 Å². The number of rotatable bonds is 5. The van der Waals surface area contributed by atoms with Crippen LogP contribution in [0.1, 0.15) is 42.9 Å². The minimum Gasteiger partial charge on any atom is -0.479 e. The first-order valence-corrected chi connectivity index (χ1v) is 7.41. The molecule has 0 spiro atoms. The summed E-state index contributed by atoms with van der Waals surface area (Å²) in [4.78, 5) is 34.2. The van der Waals surface area contributed by atoms with Crippen LogP contribution in [-0.4, -0.2) is 23.3 Å². The van der Waals surface area contributed by atoms with E-state index in [0.717, 1.165) is 0 Å². The second-order valence-corrected chi connectivity index (χ2v) is 6.44. The van der Waals surface area contributed by atoms with Crippen LogP contribution in [0.4, 0.5) is 0 Å². The molecular weight excluding hydrogens is 310 g/mol. The molecule has 6 nitrogen and oxygen atoms in total. The molecule has 0 fully saturated rings. The first kappa shape index (κ1) is 17.5. The first-order valence-electron chi connectivity index (χ1n) is 7.41. The van der Waals surface area contributed by atoms with Crippen molar-refractivity contribution >= 4 is 18.2 Å². The van der Waals surface area contributed by atoms with E-state index in [4.69, 9.17) is 4.42 Å². The highest BCUT2D eigenvalue weighted by Crippen LogP contribution is 2.25. The van der Waals surface area contributed by atoms with E-state index in [0.29, 0.717) is 23.2 Å². The Labute approximate surface area is 139 Å². The Morgan fingerprint density at radius 1 is 1.12 bits per heavy atom. The molecule has 0 aliphatic heterocycles. The van der Waals surface area contributed by atoms with E-state index in [1.54, 1.807) is 57.2 Å². The van der Waals surface area contributed by atoms with Gasteiger partial charge in [0.2, 0.25) is 5.91 Å². The molecule has 1 atom stereocenters. The van der Waals surface area contributed by atoms with Gasteiger partial charge in [0, 0.05) is 11.0 Å². The van der Waals surface area contributed by atoms with Gasteiger partial charge in [-0.25, -0.2) is 4.79 Å². The van der Waals surface area contributed by atoms with E-state index >= 15 is 0 Å². The number of carboxylic acids is 1. The van der Waals surface area contributed by atoms with Gasteiger partial charge in [-0.15, -0.1) is 0 Å². The summed E-state index contributed by atoms with van der Waals surface area (Å²) >= 11 is 0. The van der Waals surface area contributed by atoms with E-state index in [1.807, 2.05) is 0 Å². The molecule has 24 heavy (non-hydrogen) atoms. The van der Waals surface area contributed by atoms with Gasteiger partial charge in [-0.2, -0.15) is 0 Å². The molecule has 2 rings (SSSR count). The Balaban J connectivity index is 2.24. The monoisotopic (exact) mass is 329 g/mol. The Bertz CT molecular complexity index is 752. The van der Waals surface area contributed by atoms with Crippen LogP contribution < -0.4 is 5.32 Å². The molecule has 2 N–H and O–H groups in total. The number of hydrogen-bond acceptors (Lipinski definition) is 4. The zero-order valence-corrected chi connectivity index (χ0v) is 13.7. The fourth-order valence-corrected chi connectivity index (χ4v) is 2.05. The summed E-state index contributed by atoms with van der Waals surface area (Å²) in [5.41, 5.74) is 0.469. The number of carbonyl (C=O) groups is 3. The Kier molecular flexibility index (Phi) is 4.87. The van der Waals surface area contributed by atoms with Crippen molar-refractivity contribution in [2.45, 2.75) is 26.8 Å².